The van der Waals surface area contributed by atoms with Crippen molar-refractivity contribution in [2.75, 3.05) is 46.2 Å². The SMILES string of the molecule is CC(C)=NOCc1ccc(OCCOCCOCCOCCC(=O)NCc2ccc(/C(N)=N/N=C(/C)N)cc2)cc1. The van der Waals surface area contributed by atoms with Gasteiger partial charge in [0.25, 0.3) is 0 Å². The van der Waals surface area contributed by atoms with Crippen LogP contribution in [0.15, 0.2) is 63.9 Å². The molecular formula is C29H42N6O6. The number of oxime groups is 1. The van der Waals surface area contributed by atoms with E-state index in [2.05, 4.69) is 20.7 Å². The zero-order valence-corrected chi connectivity index (χ0v) is 24.1. The first-order valence-electron chi connectivity index (χ1n) is 13.4. The molecule has 12 nitrogen and oxygen atoms in total. The largest absolute Gasteiger partial charge is 0.491 e. The minimum absolute atomic E-state index is 0.0961. The van der Waals surface area contributed by atoms with E-state index in [1.165, 1.54) is 0 Å². The van der Waals surface area contributed by atoms with Crippen molar-refractivity contribution in [1.29, 1.82) is 0 Å². The Bertz CT molecular complexity index is 1110. The number of amidine groups is 2. The van der Waals surface area contributed by atoms with Gasteiger partial charge in [-0.1, -0.05) is 41.6 Å². The van der Waals surface area contributed by atoms with Crippen LogP contribution < -0.4 is 21.5 Å². The van der Waals surface area contributed by atoms with Gasteiger partial charge in [0.05, 0.1) is 45.4 Å². The van der Waals surface area contributed by atoms with Gasteiger partial charge in [-0.2, -0.15) is 0 Å². The van der Waals surface area contributed by atoms with E-state index in [0.29, 0.717) is 65.2 Å². The van der Waals surface area contributed by atoms with Gasteiger partial charge in [-0.25, -0.2) is 0 Å². The summed E-state index contributed by atoms with van der Waals surface area (Å²) in [5.74, 6) is 1.26. The summed E-state index contributed by atoms with van der Waals surface area (Å²) in [5, 5.41) is 14.4. The molecular weight excluding hydrogens is 528 g/mol. The smallest absolute Gasteiger partial charge is 0.222 e. The average molecular weight is 571 g/mol. The summed E-state index contributed by atoms with van der Waals surface area (Å²) in [6.45, 7) is 9.18. The fourth-order valence-electron chi connectivity index (χ4n) is 3.12. The molecule has 0 unspecified atom stereocenters. The number of hydrogen-bond acceptors (Lipinski definition) is 9. The lowest BCUT2D eigenvalue weighted by atomic mass is 10.1. The molecule has 0 aliphatic heterocycles. The molecule has 0 aliphatic rings. The number of rotatable bonds is 20. The predicted molar refractivity (Wildman–Crippen MR) is 159 cm³/mol. The van der Waals surface area contributed by atoms with E-state index in [4.69, 9.17) is 35.3 Å². The highest BCUT2D eigenvalue weighted by Crippen LogP contribution is 2.13. The second-order valence-electron chi connectivity index (χ2n) is 9.09. The lowest BCUT2D eigenvalue weighted by molar-refractivity contribution is -0.122. The van der Waals surface area contributed by atoms with Gasteiger partial charge < -0.3 is 40.6 Å². The van der Waals surface area contributed by atoms with Crippen molar-refractivity contribution in [2.24, 2.45) is 26.8 Å². The van der Waals surface area contributed by atoms with Gasteiger partial charge in [0.2, 0.25) is 5.91 Å². The molecule has 12 heteroatoms. The van der Waals surface area contributed by atoms with Gasteiger partial charge in [-0.15, -0.1) is 10.2 Å². The van der Waals surface area contributed by atoms with Gasteiger partial charge in [-0.05, 0) is 44.0 Å². The van der Waals surface area contributed by atoms with Crippen LogP contribution in [0, 0.1) is 0 Å². The summed E-state index contributed by atoms with van der Waals surface area (Å²) in [5.41, 5.74) is 14.9. The third-order valence-corrected chi connectivity index (χ3v) is 5.17. The summed E-state index contributed by atoms with van der Waals surface area (Å²) in [7, 11) is 0. The third-order valence-electron chi connectivity index (χ3n) is 5.17. The van der Waals surface area contributed by atoms with Crippen LogP contribution in [0.25, 0.3) is 0 Å². The molecule has 0 atom stereocenters. The van der Waals surface area contributed by atoms with E-state index < -0.39 is 0 Å². The summed E-state index contributed by atoms with van der Waals surface area (Å²) < 4.78 is 22.1. The van der Waals surface area contributed by atoms with Crippen LogP contribution >= 0.6 is 0 Å². The van der Waals surface area contributed by atoms with Gasteiger partial charge in [0.15, 0.2) is 5.84 Å². The minimum Gasteiger partial charge on any atom is -0.491 e. The van der Waals surface area contributed by atoms with Crippen molar-refractivity contribution < 1.29 is 28.6 Å². The van der Waals surface area contributed by atoms with Crippen LogP contribution in [-0.2, 0) is 37.0 Å². The second kappa shape index (κ2) is 20.0. The van der Waals surface area contributed by atoms with E-state index in [0.717, 1.165) is 28.2 Å². The Morgan fingerprint density at radius 1 is 0.756 bits per heavy atom. The van der Waals surface area contributed by atoms with Crippen LogP contribution in [0.5, 0.6) is 5.75 Å². The van der Waals surface area contributed by atoms with Crippen LogP contribution in [0.3, 0.4) is 0 Å². The topological polar surface area (TPSA) is 164 Å². The molecule has 0 saturated carbocycles. The molecule has 1 amide bonds. The Morgan fingerprint density at radius 2 is 1.34 bits per heavy atom. The van der Waals surface area contributed by atoms with Crippen molar-refractivity contribution in [3.63, 3.8) is 0 Å². The maximum atomic E-state index is 12.0. The maximum absolute atomic E-state index is 12.0. The highest BCUT2D eigenvalue weighted by Gasteiger charge is 2.04. The normalized spacial score (nSPS) is 11.7. The molecule has 0 aliphatic carbocycles. The summed E-state index contributed by atoms with van der Waals surface area (Å²) in [6.07, 6.45) is 0.265. The van der Waals surface area contributed by atoms with Crippen molar-refractivity contribution in [2.45, 2.75) is 40.3 Å². The van der Waals surface area contributed by atoms with Crippen LogP contribution in [-0.4, -0.2) is 69.5 Å². The molecule has 0 bridgehead atoms. The van der Waals surface area contributed by atoms with Crippen LogP contribution in [0.1, 0.15) is 43.9 Å². The number of benzene rings is 2. The second-order valence-corrected chi connectivity index (χ2v) is 9.09. The molecule has 0 fully saturated rings. The fourth-order valence-corrected chi connectivity index (χ4v) is 3.12. The molecule has 0 saturated heterocycles. The zero-order valence-electron chi connectivity index (χ0n) is 24.1. The van der Waals surface area contributed by atoms with Gasteiger partial charge >= 0.3 is 0 Å². The molecule has 2 aromatic carbocycles. The summed E-state index contributed by atoms with van der Waals surface area (Å²) in [4.78, 5) is 17.3. The Kier molecular flexibility index (Phi) is 16.2. The highest BCUT2D eigenvalue weighted by atomic mass is 16.6. The molecule has 0 radical (unpaired) electrons. The van der Waals surface area contributed by atoms with Crippen molar-refractivity contribution in [3.8, 4) is 5.75 Å². The van der Waals surface area contributed by atoms with E-state index >= 15 is 0 Å². The quantitative estimate of drug-likeness (QED) is 0.0946. The number of nitrogens with one attached hydrogen (secondary N) is 1. The van der Waals surface area contributed by atoms with Gasteiger partial charge in [-0.3, -0.25) is 4.79 Å². The molecule has 41 heavy (non-hydrogen) atoms. The molecule has 224 valence electrons. The molecule has 5 N–H and O–H groups in total. The number of ether oxygens (including phenoxy) is 4. The number of nitrogens with two attached hydrogens (primary N) is 2. The van der Waals surface area contributed by atoms with E-state index in [9.17, 15) is 4.79 Å². The van der Waals surface area contributed by atoms with Crippen molar-refractivity contribution >= 4 is 23.3 Å². The van der Waals surface area contributed by atoms with Crippen molar-refractivity contribution in [3.05, 3.63) is 65.2 Å². The van der Waals surface area contributed by atoms with Gasteiger partial charge in [0, 0.05) is 18.5 Å². The van der Waals surface area contributed by atoms with Crippen LogP contribution in [0.4, 0.5) is 0 Å². The Morgan fingerprint density at radius 3 is 1.95 bits per heavy atom. The number of amides is 1. The van der Waals surface area contributed by atoms with Crippen LogP contribution in [0.2, 0.25) is 0 Å². The monoisotopic (exact) mass is 570 g/mol. The third kappa shape index (κ3) is 16.0. The van der Waals surface area contributed by atoms with E-state index in [1.54, 1.807) is 6.92 Å². The fraction of sp³-hybridized carbons (Fsp3) is 0.448. The lowest BCUT2D eigenvalue weighted by Crippen LogP contribution is -2.24. The summed E-state index contributed by atoms with van der Waals surface area (Å²) >= 11 is 0. The molecule has 2 rings (SSSR count). The number of nitrogens with zero attached hydrogens (tertiary/aromatic N) is 3. The minimum atomic E-state index is -0.0961. The average Bonchev–Trinajstić information content (AvgIpc) is 2.96. The molecule has 0 heterocycles. The Labute approximate surface area is 241 Å². The van der Waals surface area contributed by atoms with E-state index in [1.807, 2.05) is 62.4 Å². The highest BCUT2D eigenvalue weighted by molar-refractivity contribution is 5.97. The lowest BCUT2D eigenvalue weighted by Gasteiger charge is -2.09. The number of carbonyl (C=O) groups excluding carboxylic acids is 1. The first-order valence-corrected chi connectivity index (χ1v) is 13.4. The molecule has 0 spiro atoms. The standard InChI is InChI=1S/C29H42N6O6/c1-22(2)35-41-21-25-6-10-27(11-7-25)40-19-18-39-17-16-38-15-14-37-13-12-28(36)32-20-24-4-8-26(9-5-24)29(31)34-33-23(3)30/h4-11H,12-21H2,1-3H3,(H2,30,33)(H2,31,34)(H,32,36). The number of hydrogen-bond donors (Lipinski definition) is 3. The van der Waals surface area contributed by atoms with E-state index in [-0.39, 0.29) is 18.2 Å². The van der Waals surface area contributed by atoms with Gasteiger partial charge in [0.1, 0.15) is 24.8 Å². The maximum Gasteiger partial charge on any atom is 0.222 e. The molecule has 0 aromatic heterocycles. The summed E-state index contributed by atoms with van der Waals surface area (Å²) in [6, 6.07) is 15.0. The Hall–Kier alpha value is -4.00. The first-order chi connectivity index (χ1) is 19.8. The Balaban J connectivity index is 1.42. The predicted octanol–water partition coefficient (Wildman–Crippen LogP) is 2.73. The molecule has 2 aromatic rings. The van der Waals surface area contributed by atoms with Crippen molar-refractivity contribution in [1.82, 2.24) is 5.32 Å². The zero-order chi connectivity index (χ0) is 29.7. The first kappa shape index (κ1) is 33.2. The number of carbonyl (C=O) groups is 1.